The standard InChI is InChI=1S/C18H17N5O2S3/c1-11-21-22-17(28-11)20-14(24)10-27-18-19-13-7-8-26-15(13)16(25)23(18)9-12-5-3-2-4-6-12/h2-6H,7-10H2,1H3,(H,20,22,24). The van der Waals surface area contributed by atoms with Crippen LogP contribution in [0.2, 0.25) is 0 Å². The molecule has 1 N–H and O–H groups in total. The van der Waals surface area contributed by atoms with E-state index < -0.39 is 0 Å². The minimum Gasteiger partial charge on any atom is -0.300 e. The second kappa shape index (κ2) is 8.46. The minimum absolute atomic E-state index is 0.0287. The number of nitrogens with one attached hydrogen (secondary N) is 1. The maximum absolute atomic E-state index is 13.0. The predicted octanol–water partition coefficient (Wildman–Crippen LogP) is 2.83. The second-order valence-electron chi connectivity index (χ2n) is 6.11. The van der Waals surface area contributed by atoms with E-state index in [4.69, 9.17) is 4.98 Å². The highest BCUT2D eigenvalue weighted by molar-refractivity contribution is 8.00. The predicted molar refractivity (Wildman–Crippen MR) is 112 cm³/mol. The number of fused-ring (bicyclic) bond motifs is 1. The maximum Gasteiger partial charge on any atom is 0.268 e. The van der Waals surface area contributed by atoms with E-state index in [0.29, 0.717) is 16.8 Å². The molecule has 144 valence electrons. The first-order valence-electron chi connectivity index (χ1n) is 8.63. The molecule has 0 spiro atoms. The third-order valence-electron chi connectivity index (χ3n) is 4.04. The lowest BCUT2D eigenvalue weighted by Gasteiger charge is -2.13. The van der Waals surface area contributed by atoms with Crippen molar-refractivity contribution >= 4 is 45.9 Å². The molecule has 0 atom stereocenters. The molecule has 0 aliphatic carbocycles. The summed E-state index contributed by atoms with van der Waals surface area (Å²) in [6.07, 6.45) is 0.783. The van der Waals surface area contributed by atoms with Gasteiger partial charge < -0.3 is 0 Å². The van der Waals surface area contributed by atoms with Crippen LogP contribution in [0, 0.1) is 6.92 Å². The van der Waals surface area contributed by atoms with Crippen molar-refractivity contribution in [1.29, 1.82) is 0 Å². The molecule has 0 bridgehead atoms. The number of thioether (sulfide) groups is 2. The highest BCUT2D eigenvalue weighted by Gasteiger charge is 2.22. The van der Waals surface area contributed by atoms with Gasteiger partial charge in [-0.2, -0.15) is 0 Å². The first kappa shape index (κ1) is 19.2. The summed E-state index contributed by atoms with van der Waals surface area (Å²) in [5.41, 5.74) is 1.82. The van der Waals surface area contributed by atoms with Crippen molar-refractivity contribution < 1.29 is 4.79 Å². The second-order valence-corrected chi connectivity index (χ2v) is 9.34. The highest BCUT2D eigenvalue weighted by Crippen LogP contribution is 2.29. The zero-order valence-electron chi connectivity index (χ0n) is 15.0. The Labute approximate surface area is 174 Å². The fraction of sp³-hybridized carbons (Fsp3) is 0.278. The molecule has 10 heteroatoms. The van der Waals surface area contributed by atoms with Crippen LogP contribution in [-0.4, -0.2) is 37.2 Å². The van der Waals surface area contributed by atoms with Gasteiger partial charge in [-0.05, 0) is 12.5 Å². The lowest BCUT2D eigenvalue weighted by molar-refractivity contribution is -0.113. The molecular formula is C18H17N5O2S3. The number of carbonyl (C=O) groups is 1. The number of aryl methyl sites for hydroxylation is 2. The molecule has 3 heterocycles. The molecule has 2 aromatic heterocycles. The van der Waals surface area contributed by atoms with Crippen LogP contribution in [0.3, 0.4) is 0 Å². The lowest BCUT2D eigenvalue weighted by atomic mass is 10.2. The van der Waals surface area contributed by atoms with Crippen LogP contribution in [0.25, 0.3) is 0 Å². The average Bonchev–Trinajstić information content (AvgIpc) is 3.32. The fourth-order valence-corrected chi connectivity index (χ4v) is 5.24. The van der Waals surface area contributed by atoms with Crippen LogP contribution >= 0.6 is 34.9 Å². The smallest absolute Gasteiger partial charge is 0.268 e. The number of anilines is 1. The van der Waals surface area contributed by atoms with Gasteiger partial charge in [0.1, 0.15) is 5.01 Å². The van der Waals surface area contributed by atoms with E-state index in [-0.39, 0.29) is 17.2 Å². The number of benzene rings is 1. The summed E-state index contributed by atoms with van der Waals surface area (Å²) in [6.45, 7) is 2.26. The number of hydrogen-bond acceptors (Lipinski definition) is 8. The van der Waals surface area contributed by atoms with Crippen LogP contribution < -0.4 is 10.9 Å². The number of hydrogen-bond donors (Lipinski definition) is 1. The summed E-state index contributed by atoms with van der Waals surface area (Å²) in [7, 11) is 0. The fourth-order valence-electron chi connectivity index (χ4n) is 2.77. The van der Waals surface area contributed by atoms with E-state index in [1.807, 2.05) is 37.3 Å². The minimum atomic E-state index is -0.198. The third-order valence-corrected chi connectivity index (χ3v) is 6.87. The van der Waals surface area contributed by atoms with Crippen molar-refractivity contribution in [2.75, 3.05) is 16.8 Å². The zero-order valence-corrected chi connectivity index (χ0v) is 17.5. The van der Waals surface area contributed by atoms with E-state index in [2.05, 4.69) is 15.5 Å². The van der Waals surface area contributed by atoms with E-state index in [9.17, 15) is 9.59 Å². The van der Waals surface area contributed by atoms with Gasteiger partial charge in [-0.25, -0.2) is 4.98 Å². The highest BCUT2D eigenvalue weighted by atomic mass is 32.2. The topological polar surface area (TPSA) is 89.8 Å². The quantitative estimate of drug-likeness (QED) is 0.474. The summed E-state index contributed by atoms with van der Waals surface area (Å²) in [6, 6.07) is 9.79. The van der Waals surface area contributed by atoms with Crippen molar-refractivity contribution in [2.45, 2.75) is 29.9 Å². The monoisotopic (exact) mass is 431 g/mol. The molecule has 1 aromatic carbocycles. The Morgan fingerprint density at radius 3 is 2.86 bits per heavy atom. The Kier molecular flexibility index (Phi) is 5.79. The van der Waals surface area contributed by atoms with Gasteiger partial charge in [0.25, 0.3) is 5.56 Å². The summed E-state index contributed by atoms with van der Waals surface area (Å²) < 4.78 is 1.67. The van der Waals surface area contributed by atoms with Crippen molar-refractivity contribution in [1.82, 2.24) is 19.7 Å². The van der Waals surface area contributed by atoms with Gasteiger partial charge in [-0.3, -0.25) is 19.5 Å². The lowest BCUT2D eigenvalue weighted by Crippen LogP contribution is -2.26. The normalized spacial score (nSPS) is 12.8. The van der Waals surface area contributed by atoms with E-state index in [0.717, 1.165) is 33.3 Å². The molecule has 1 amide bonds. The Hall–Kier alpha value is -2.17. The Balaban J connectivity index is 1.56. The molecule has 0 unspecified atom stereocenters. The molecule has 0 saturated heterocycles. The van der Waals surface area contributed by atoms with Crippen LogP contribution in [-0.2, 0) is 17.8 Å². The Morgan fingerprint density at radius 2 is 2.11 bits per heavy atom. The number of rotatable bonds is 6. The van der Waals surface area contributed by atoms with Gasteiger partial charge in [0.15, 0.2) is 5.16 Å². The van der Waals surface area contributed by atoms with E-state index >= 15 is 0 Å². The number of carbonyl (C=O) groups excluding carboxylic acids is 1. The molecule has 4 rings (SSSR count). The molecule has 0 radical (unpaired) electrons. The van der Waals surface area contributed by atoms with E-state index in [1.165, 1.54) is 23.1 Å². The van der Waals surface area contributed by atoms with Crippen LogP contribution in [0.5, 0.6) is 0 Å². The summed E-state index contributed by atoms with van der Waals surface area (Å²) in [4.78, 5) is 30.7. The first-order chi connectivity index (χ1) is 13.6. The molecule has 1 aliphatic heterocycles. The molecule has 28 heavy (non-hydrogen) atoms. The summed E-state index contributed by atoms with van der Waals surface area (Å²) in [5.74, 6) is 0.816. The van der Waals surface area contributed by atoms with Gasteiger partial charge in [-0.1, -0.05) is 53.4 Å². The summed E-state index contributed by atoms with van der Waals surface area (Å²) in [5, 5.41) is 12.4. The maximum atomic E-state index is 13.0. The van der Waals surface area contributed by atoms with Gasteiger partial charge >= 0.3 is 0 Å². The van der Waals surface area contributed by atoms with Crippen molar-refractivity contribution in [2.24, 2.45) is 0 Å². The molecular weight excluding hydrogens is 414 g/mol. The van der Waals surface area contributed by atoms with Gasteiger partial charge in [-0.15, -0.1) is 22.0 Å². The van der Waals surface area contributed by atoms with Crippen LogP contribution in [0.4, 0.5) is 5.13 Å². The van der Waals surface area contributed by atoms with E-state index in [1.54, 1.807) is 16.3 Å². The SMILES string of the molecule is Cc1nnc(NC(=O)CSc2nc3c(c(=O)n2Cc2ccccc2)SCC3)s1. The van der Waals surface area contributed by atoms with Crippen molar-refractivity contribution in [3.63, 3.8) is 0 Å². The molecule has 0 saturated carbocycles. The molecule has 0 fully saturated rings. The molecule has 1 aliphatic rings. The molecule has 3 aromatic rings. The Morgan fingerprint density at radius 1 is 1.29 bits per heavy atom. The molecule has 7 nitrogen and oxygen atoms in total. The Bertz CT molecular complexity index is 1060. The number of amides is 1. The largest absolute Gasteiger partial charge is 0.300 e. The number of aromatic nitrogens is 4. The van der Waals surface area contributed by atoms with Crippen LogP contribution in [0.15, 0.2) is 45.2 Å². The van der Waals surface area contributed by atoms with Crippen molar-refractivity contribution in [3.8, 4) is 0 Å². The number of nitrogens with zero attached hydrogens (tertiary/aromatic N) is 4. The summed E-state index contributed by atoms with van der Waals surface area (Å²) >= 11 is 4.15. The van der Waals surface area contributed by atoms with Crippen molar-refractivity contribution in [3.05, 3.63) is 57.0 Å². The van der Waals surface area contributed by atoms with Gasteiger partial charge in [0.2, 0.25) is 11.0 Å². The third kappa shape index (κ3) is 4.29. The van der Waals surface area contributed by atoms with Crippen LogP contribution in [0.1, 0.15) is 16.3 Å². The van der Waals surface area contributed by atoms with Gasteiger partial charge in [0.05, 0.1) is 22.9 Å². The van der Waals surface area contributed by atoms with Gasteiger partial charge in [0, 0.05) is 12.2 Å². The first-order valence-corrected chi connectivity index (χ1v) is 11.4. The average molecular weight is 432 g/mol. The zero-order chi connectivity index (χ0) is 19.5.